The minimum absolute atomic E-state index is 0.645. The third-order valence-electron chi connectivity index (χ3n) is 4.34. The summed E-state index contributed by atoms with van der Waals surface area (Å²) in [5, 5.41) is 6.87. The lowest BCUT2D eigenvalue weighted by Gasteiger charge is -2.24. The summed E-state index contributed by atoms with van der Waals surface area (Å²) in [4.78, 5) is 6.86. The molecule has 21 heavy (non-hydrogen) atoms. The third-order valence-corrected chi connectivity index (χ3v) is 4.34. The maximum atomic E-state index is 4.32. The van der Waals surface area contributed by atoms with Gasteiger partial charge in [-0.05, 0) is 44.0 Å². The predicted octanol–water partition coefficient (Wildman–Crippen LogP) is 2.14. The summed E-state index contributed by atoms with van der Waals surface area (Å²) >= 11 is 0. The molecular formula is C17H28N4. The number of nitrogens with zero attached hydrogens (tertiary/aromatic N) is 2. The van der Waals surface area contributed by atoms with Crippen molar-refractivity contribution in [2.24, 2.45) is 4.99 Å². The lowest BCUT2D eigenvalue weighted by Crippen LogP contribution is -2.44. The number of likely N-dealkylation sites (tertiary alicyclic amines) is 1. The molecule has 1 fully saturated rings. The van der Waals surface area contributed by atoms with E-state index in [4.69, 9.17) is 0 Å². The van der Waals surface area contributed by atoms with Gasteiger partial charge in [-0.15, -0.1) is 0 Å². The lowest BCUT2D eigenvalue weighted by molar-refractivity contribution is 0.267. The van der Waals surface area contributed by atoms with Crippen LogP contribution in [0, 0.1) is 6.92 Å². The molecule has 0 amide bonds. The third kappa shape index (κ3) is 4.46. The predicted molar refractivity (Wildman–Crippen MR) is 89.6 cm³/mol. The number of likely N-dealkylation sites (N-methyl/N-ethyl adjacent to an activating group) is 1. The summed E-state index contributed by atoms with van der Waals surface area (Å²) in [6, 6.07) is 9.10. The van der Waals surface area contributed by atoms with E-state index in [2.05, 4.69) is 58.6 Å². The minimum Gasteiger partial charge on any atom is -0.355 e. The van der Waals surface area contributed by atoms with E-state index < -0.39 is 0 Å². The molecule has 1 saturated heterocycles. The first kappa shape index (κ1) is 15.8. The molecule has 116 valence electrons. The van der Waals surface area contributed by atoms with Crippen molar-refractivity contribution in [3.63, 3.8) is 0 Å². The summed E-state index contributed by atoms with van der Waals surface area (Å²) in [7, 11) is 1.83. The van der Waals surface area contributed by atoms with E-state index in [1.54, 1.807) is 0 Å². The van der Waals surface area contributed by atoms with Gasteiger partial charge in [0.1, 0.15) is 0 Å². The first-order chi connectivity index (χ1) is 10.2. The van der Waals surface area contributed by atoms with E-state index in [0.29, 0.717) is 6.04 Å². The topological polar surface area (TPSA) is 39.7 Å². The van der Waals surface area contributed by atoms with Gasteiger partial charge in [0.05, 0.1) is 0 Å². The van der Waals surface area contributed by atoms with Gasteiger partial charge in [-0.2, -0.15) is 0 Å². The van der Waals surface area contributed by atoms with Gasteiger partial charge in [0.2, 0.25) is 0 Å². The molecule has 1 atom stereocenters. The van der Waals surface area contributed by atoms with Crippen LogP contribution in [0.15, 0.2) is 29.3 Å². The molecule has 1 aliphatic heterocycles. The first-order valence-electron chi connectivity index (χ1n) is 7.97. The smallest absolute Gasteiger partial charge is 0.191 e. The number of guanidine groups is 1. The number of hydrogen-bond acceptors (Lipinski definition) is 2. The van der Waals surface area contributed by atoms with Crippen LogP contribution in [0.3, 0.4) is 0 Å². The zero-order valence-corrected chi connectivity index (χ0v) is 13.5. The molecule has 1 aromatic carbocycles. The second-order valence-electron chi connectivity index (χ2n) is 5.66. The monoisotopic (exact) mass is 288 g/mol. The summed E-state index contributed by atoms with van der Waals surface area (Å²) in [5.74, 6) is 0.890. The van der Waals surface area contributed by atoms with E-state index in [0.717, 1.165) is 25.6 Å². The largest absolute Gasteiger partial charge is 0.355 e. The zero-order valence-electron chi connectivity index (χ0n) is 13.5. The van der Waals surface area contributed by atoms with E-state index in [-0.39, 0.29) is 0 Å². The van der Waals surface area contributed by atoms with Gasteiger partial charge >= 0.3 is 0 Å². The average Bonchev–Trinajstić information content (AvgIpc) is 2.96. The van der Waals surface area contributed by atoms with Crippen molar-refractivity contribution >= 4 is 5.96 Å². The van der Waals surface area contributed by atoms with Gasteiger partial charge in [-0.3, -0.25) is 9.89 Å². The Labute approximate surface area is 128 Å². The van der Waals surface area contributed by atoms with Gasteiger partial charge in [0, 0.05) is 26.2 Å². The molecule has 0 saturated carbocycles. The Balaban J connectivity index is 1.80. The fourth-order valence-corrected chi connectivity index (χ4v) is 2.97. The van der Waals surface area contributed by atoms with Crippen molar-refractivity contribution in [3.05, 3.63) is 35.4 Å². The Bertz CT molecular complexity index is 470. The fraction of sp³-hybridized carbons (Fsp3) is 0.588. The van der Waals surface area contributed by atoms with Crippen molar-refractivity contribution in [1.82, 2.24) is 15.5 Å². The summed E-state index contributed by atoms with van der Waals surface area (Å²) in [6.45, 7) is 8.55. The van der Waals surface area contributed by atoms with Crippen molar-refractivity contribution in [1.29, 1.82) is 0 Å². The molecule has 4 nitrogen and oxygen atoms in total. The quantitative estimate of drug-likeness (QED) is 0.644. The SMILES string of the molecule is CCN1CCCC1CNC(=NC)NCc1ccccc1C. The van der Waals surface area contributed by atoms with E-state index in [9.17, 15) is 0 Å². The van der Waals surface area contributed by atoms with Crippen LogP contribution < -0.4 is 10.6 Å². The van der Waals surface area contributed by atoms with Gasteiger partial charge < -0.3 is 10.6 Å². The van der Waals surface area contributed by atoms with Gasteiger partial charge in [-0.25, -0.2) is 0 Å². The van der Waals surface area contributed by atoms with Gasteiger partial charge in [-0.1, -0.05) is 31.2 Å². The number of aryl methyl sites for hydroxylation is 1. The van der Waals surface area contributed by atoms with E-state index >= 15 is 0 Å². The van der Waals surface area contributed by atoms with Gasteiger partial charge in [0.25, 0.3) is 0 Å². The highest BCUT2D eigenvalue weighted by Gasteiger charge is 2.22. The van der Waals surface area contributed by atoms with Gasteiger partial charge in [0.15, 0.2) is 5.96 Å². The fourth-order valence-electron chi connectivity index (χ4n) is 2.97. The lowest BCUT2D eigenvalue weighted by atomic mass is 10.1. The molecule has 2 N–H and O–H groups in total. The van der Waals surface area contributed by atoms with Crippen LogP contribution in [0.5, 0.6) is 0 Å². The zero-order chi connectivity index (χ0) is 15.1. The molecule has 0 aromatic heterocycles. The first-order valence-corrected chi connectivity index (χ1v) is 7.97. The second-order valence-corrected chi connectivity index (χ2v) is 5.66. The standard InChI is InChI=1S/C17H28N4/c1-4-21-11-7-10-16(21)13-20-17(18-3)19-12-15-9-6-5-8-14(15)2/h5-6,8-9,16H,4,7,10-13H2,1-3H3,(H2,18,19,20). The van der Waals surface area contributed by atoms with Crippen molar-refractivity contribution < 1.29 is 0 Å². The van der Waals surface area contributed by atoms with Crippen LogP contribution in [0.4, 0.5) is 0 Å². The van der Waals surface area contributed by atoms with Crippen LogP contribution in [-0.4, -0.2) is 43.6 Å². The van der Waals surface area contributed by atoms with Crippen LogP contribution in [-0.2, 0) is 6.54 Å². The molecule has 0 radical (unpaired) electrons. The second kappa shape index (κ2) is 8.03. The molecule has 2 rings (SSSR count). The van der Waals surface area contributed by atoms with Crippen molar-refractivity contribution in [2.75, 3.05) is 26.7 Å². The maximum absolute atomic E-state index is 4.32. The van der Waals surface area contributed by atoms with Crippen LogP contribution in [0.1, 0.15) is 30.9 Å². The summed E-state index contributed by atoms with van der Waals surface area (Å²) < 4.78 is 0. The molecule has 4 heteroatoms. The Morgan fingerprint density at radius 1 is 1.33 bits per heavy atom. The van der Waals surface area contributed by atoms with Crippen LogP contribution >= 0.6 is 0 Å². The summed E-state index contributed by atoms with van der Waals surface area (Å²) in [5.41, 5.74) is 2.63. The van der Waals surface area contributed by atoms with Crippen LogP contribution in [0.2, 0.25) is 0 Å². The van der Waals surface area contributed by atoms with Crippen LogP contribution in [0.25, 0.3) is 0 Å². The summed E-state index contributed by atoms with van der Waals surface area (Å²) in [6.07, 6.45) is 2.60. The highest BCUT2D eigenvalue weighted by molar-refractivity contribution is 5.79. The normalized spacial score (nSPS) is 19.8. The van der Waals surface area contributed by atoms with E-state index in [1.165, 1.54) is 30.5 Å². The Morgan fingerprint density at radius 3 is 2.86 bits per heavy atom. The number of benzene rings is 1. The molecule has 1 aliphatic rings. The van der Waals surface area contributed by atoms with Crippen molar-refractivity contribution in [3.8, 4) is 0 Å². The molecular weight excluding hydrogens is 260 g/mol. The minimum atomic E-state index is 0.645. The number of aliphatic imine (C=N–C) groups is 1. The molecule has 1 aromatic rings. The molecule has 0 aliphatic carbocycles. The number of hydrogen-bond donors (Lipinski definition) is 2. The number of rotatable bonds is 5. The average molecular weight is 288 g/mol. The highest BCUT2D eigenvalue weighted by Crippen LogP contribution is 2.15. The molecule has 1 unspecified atom stereocenters. The maximum Gasteiger partial charge on any atom is 0.191 e. The Kier molecular flexibility index (Phi) is 6.05. The van der Waals surface area contributed by atoms with Crippen molar-refractivity contribution in [2.45, 2.75) is 39.3 Å². The highest BCUT2D eigenvalue weighted by atomic mass is 15.2. The Hall–Kier alpha value is -1.55. The molecule has 1 heterocycles. The molecule has 0 bridgehead atoms. The molecule has 0 spiro atoms. The Morgan fingerprint density at radius 2 is 2.14 bits per heavy atom. The van der Waals surface area contributed by atoms with E-state index in [1.807, 2.05) is 7.05 Å². The number of nitrogens with one attached hydrogen (secondary N) is 2.